The standard InChI is InChI=1S/C14H21NO2/c1-16-13-7-6-11(10-14(13)17-2)9-12-5-3-4-8-15-12/h6-7,10,12,15H,3-5,8-9H2,1-2H3/p+1/t12-/m1/s1. The SMILES string of the molecule is COc1ccc(C[C@H]2CCCC[NH2+]2)cc1OC. The summed E-state index contributed by atoms with van der Waals surface area (Å²) in [6, 6.07) is 6.98. The van der Waals surface area contributed by atoms with E-state index in [1.54, 1.807) is 14.2 Å². The summed E-state index contributed by atoms with van der Waals surface area (Å²) >= 11 is 0. The molecule has 1 aliphatic heterocycles. The third-order valence-electron chi connectivity index (χ3n) is 3.47. The highest BCUT2D eigenvalue weighted by Gasteiger charge is 2.17. The van der Waals surface area contributed by atoms with Crippen LogP contribution < -0.4 is 14.8 Å². The minimum absolute atomic E-state index is 0.738. The van der Waals surface area contributed by atoms with Crippen molar-refractivity contribution >= 4 is 0 Å². The fourth-order valence-corrected chi connectivity index (χ4v) is 2.52. The maximum atomic E-state index is 5.33. The quantitative estimate of drug-likeness (QED) is 0.856. The number of hydrogen-bond acceptors (Lipinski definition) is 2. The van der Waals surface area contributed by atoms with Gasteiger partial charge in [-0.1, -0.05) is 6.07 Å². The molecule has 0 unspecified atom stereocenters. The topological polar surface area (TPSA) is 35.1 Å². The summed E-state index contributed by atoms with van der Waals surface area (Å²) < 4.78 is 10.6. The van der Waals surface area contributed by atoms with Gasteiger partial charge in [-0.25, -0.2) is 0 Å². The highest BCUT2D eigenvalue weighted by Crippen LogP contribution is 2.28. The van der Waals surface area contributed by atoms with Gasteiger partial charge in [-0.15, -0.1) is 0 Å². The molecule has 0 amide bonds. The predicted molar refractivity (Wildman–Crippen MR) is 67.7 cm³/mol. The first-order chi connectivity index (χ1) is 8.33. The Morgan fingerprint density at radius 2 is 2.00 bits per heavy atom. The number of methoxy groups -OCH3 is 2. The summed E-state index contributed by atoms with van der Waals surface area (Å²) in [7, 11) is 3.36. The molecule has 3 heteroatoms. The van der Waals surface area contributed by atoms with Crippen LogP contribution in [0, 0.1) is 0 Å². The van der Waals surface area contributed by atoms with Gasteiger partial charge in [0.1, 0.15) is 0 Å². The minimum Gasteiger partial charge on any atom is -0.493 e. The third-order valence-corrected chi connectivity index (χ3v) is 3.47. The highest BCUT2D eigenvalue weighted by atomic mass is 16.5. The molecule has 0 saturated carbocycles. The van der Waals surface area contributed by atoms with Gasteiger partial charge in [0.25, 0.3) is 0 Å². The van der Waals surface area contributed by atoms with Crippen LogP contribution in [0.1, 0.15) is 24.8 Å². The smallest absolute Gasteiger partial charge is 0.160 e. The van der Waals surface area contributed by atoms with Gasteiger partial charge in [0.15, 0.2) is 11.5 Å². The molecule has 94 valence electrons. The zero-order valence-electron chi connectivity index (χ0n) is 10.7. The minimum atomic E-state index is 0.738. The number of rotatable bonds is 4. The number of piperidine rings is 1. The van der Waals surface area contributed by atoms with Crippen LogP contribution in [0.3, 0.4) is 0 Å². The molecule has 1 fully saturated rings. The van der Waals surface area contributed by atoms with Crippen LogP contribution in [0.4, 0.5) is 0 Å². The molecule has 1 aromatic rings. The number of hydrogen-bond donors (Lipinski definition) is 1. The van der Waals surface area contributed by atoms with Gasteiger partial charge in [0.05, 0.1) is 26.8 Å². The number of nitrogens with two attached hydrogens (primary N) is 1. The molecule has 0 aliphatic carbocycles. The molecule has 1 aromatic carbocycles. The van der Waals surface area contributed by atoms with E-state index in [1.807, 2.05) is 6.07 Å². The van der Waals surface area contributed by atoms with Gasteiger partial charge in [0.2, 0.25) is 0 Å². The molecule has 0 aromatic heterocycles. The van der Waals surface area contributed by atoms with E-state index >= 15 is 0 Å². The first-order valence-electron chi connectivity index (χ1n) is 6.37. The van der Waals surface area contributed by atoms with Crippen molar-refractivity contribution in [3.8, 4) is 11.5 Å². The summed E-state index contributed by atoms with van der Waals surface area (Å²) in [6.07, 6.45) is 5.19. The Labute approximate surface area is 103 Å². The molecule has 1 atom stereocenters. The normalized spacial score (nSPS) is 20.0. The van der Waals surface area contributed by atoms with Crippen molar-refractivity contribution in [2.45, 2.75) is 31.7 Å². The lowest BCUT2D eigenvalue weighted by atomic mass is 9.97. The van der Waals surface area contributed by atoms with E-state index < -0.39 is 0 Å². The highest BCUT2D eigenvalue weighted by molar-refractivity contribution is 5.43. The molecule has 0 radical (unpaired) electrons. The van der Waals surface area contributed by atoms with Gasteiger partial charge in [-0.2, -0.15) is 0 Å². The molecule has 2 rings (SSSR count). The Balaban J connectivity index is 2.05. The van der Waals surface area contributed by atoms with Gasteiger partial charge < -0.3 is 14.8 Å². The van der Waals surface area contributed by atoms with Crippen LogP contribution in [-0.2, 0) is 6.42 Å². The van der Waals surface area contributed by atoms with Crippen molar-refractivity contribution in [2.24, 2.45) is 0 Å². The van der Waals surface area contributed by atoms with Crippen molar-refractivity contribution in [3.05, 3.63) is 23.8 Å². The zero-order valence-corrected chi connectivity index (χ0v) is 10.7. The number of benzene rings is 1. The van der Waals surface area contributed by atoms with E-state index in [1.165, 1.54) is 31.4 Å². The molecular formula is C14H22NO2+. The van der Waals surface area contributed by atoms with E-state index in [2.05, 4.69) is 17.4 Å². The van der Waals surface area contributed by atoms with E-state index in [9.17, 15) is 0 Å². The summed E-state index contributed by atoms with van der Waals surface area (Å²) in [5.74, 6) is 1.64. The first-order valence-corrected chi connectivity index (χ1v) is 6.37. The Bertz CT molecular complexity index is 359. The lowest BCUT2D eigenvalue weighted by molar-refractivity contribution is -0.697. The maximum absolute atomic E-state index is 5.33. The fraction of sp³-hybridized carbons (Fsp3) is 0.571. The largest absolute Gasteiger partial charge is 0.493 e. The van der Waals surface area contributed by atoms with Crippen LogP contribution in [-0.4, -0.2) is 26.8 Å². The Kier molecular flexibility index (Phi) is 4.26. The van der Waals surface area contributed by atoms with E-state index in [4.69, 9.17) is 9.47 Å². The molecule has 1 heterocycles. The molecule has 1 saturated heterocycles. The van der Waals surface area contributed by atoms with Crippen molar-refractivity contribution in [3.63, 3.8) is 0 Å². The second kappa shape index (κ2) is 5.92. The Hall–Kier alpha value is -1.22. The van der Waals surface area contributed by atoms with Gasteiger partial charge in [-0.3, -0.25) is 0 Å². The predicted octanol–water partition coefficient (Wildman–Crippen LogP) is 1.36. The lowest BCUT2D eigenvalue weighted by Gasteiger charge is -2.20. The summed E-state index contributed by atoms with van der Waals surface area (Å²) in [4.78, 5) is 0. The average molecular weight is 236 g/mol. The monoisotopic (exact) mass is 236 g/mol. The molecule has 17 heavy (non-hydrogen) atoms. The van der Waals surface area contributed by atoms with Gasteiger partial charge in [0, 0.05) is 6.42 Å². The number of quaternary nitrogens is 1. The summed E-state index contributed by atoms with van der Waals surface area (Å²) in [6.45, 7) is 1.28. The van der Waals surface area contributed by atoms with Crippen molar-refractivity contribution in [1.82, 2.24) is 0 Å². The molecular weight excluding hydrogens is 214 g/mol. The van der Waals surface area contributed by atoms with Crippen LogP contribution in [0.5, 0.6) is 11.5 Å². The van der Waals surface area contributed by atoms with Crippen LogP contribution in [0.2, 0.25) is 0 Å². The van der Waals surface area contributed by atoms with Crippen LogP contribution in [0.25, 0.3) is 0 Å². The molecule has 0 spiro atoms. The maximum Gasteiger partial charge on any atom is 0.160 e. The lowest BCUT2D eigenvalue weighted by Crippen LogP contribution is -2.91. The third kappa shape index (κ3) is 3.13. The van der Waals surface area contributed by atoms with E-state index in [-0.39, 0.29) is 0 Å². The summed E-state index contributed by atoms with van der Waals surface area (Å²) in [5.41, 5.74) is 1.34. The first kappa shape index (κ1) is 12.2. The van der Waals surface area contributed by atoms with Gasteiger partial charge in [-0.05, 0) is 37.0 Å². The van der Waals surface area contributed by atoms with Crippen LogP contribution >= 0.6 is 0 Å². The Morgan fingerprint density at radius 3 is 2.65 bits per heavy atom. The second-order valence-electron chi connectivity index (χ2n) is 4.67. The van der Waals surface area contributed by atoms with Crippen molar-refractivity contribution < 1.29 is 14.8 Å². The van der Waals surface area contributed by atoms with Gasteiger partial charge >= 0.3 is 0 Å². The molecule has 2 N–H and O–H groups in total. The molecule has 3 nitrogen and oxygen atoms in total. The van der Waals surface area contributed by atoms with E-state index in [0.717, 1.165) is 24.0 Å². The van der Waals surface area contributed by atoms with Crippen LogP contribution in [0.15, 0.2) is 18.2 Å². The molecule has 0 bridgehead atoms. The van der Waals surface area contributed by atoms with Crippen molar-refractivity contribution in [1.29, 1.82) is 0 Å². The summed E-state index contributed by atoms with van der Waals surface area (Å²) in [5, 5.41) is 2.47. The zero-order chi connectivity index (χ0) is 12.1. The fourth-order valence-electron chi connectivity index (χ4n) is 2.52. The Morgan fingerprint density at radius 1 is 1.18 bits per heavy atom. The molecule has 1 aliphatic rings. The van der Waals surface area contributed by atoms with E-state index in [0.29, 0.717) is 0 Å². The average Bonchev–Trinajstić information content (AvgIpc) is 2.40. The second-order valence-corrected chi connectivity index (χ2v) is 4.67. The number of ether oxygens (including phenoxy) is 2. The van der Waals surface area contributed by atoms with Crippen molar-refractivity contribution in [2.75, 3.05) is 20.8 Å².